The summed E-state index contributed by atoms with van der Waals surface area (Å²) in [7, 11) is 0. The number of hydrogen-bond donors (Lipinski definition) is 2. The molecule has 2 atom stereocenters. The van der Waals surface area contributed by atoms with E-state index in [1.165, 1.54) is 22.9 Å². The van der Waals surface area contributed by atoms with Gasteiger partial charge in [-0.05, 0) is 45.4 Å². The van der Waals surface area contributed by atoms with Crippen molar-refractivity contribution < 1.29 is 4.39 Å². The second kappa shape index (κ2) is 5.20. The highest BCUT2D eigenvalue weighted by Crippen LogP contribution is 2.25. The fourth-order valence-electron chi connectivity index (χ4n) is 2.74. The average Bonchev–Trinajstić information content (AvgIpc) is 2.80. The van der Waals surface area contributed by atoms with Gasteiger partial charge in [0.05, 0.1) is 6.17 Å². The zero-order chi connectivity index (χ0) is 13.3. The van der Waals surface area contributed by atoms with Crippen LogP contribution in [-0.2, 0) is 0 Å². The van der Waals surface area contributed by atoms with Crippen LogP contribution < -0.4 is 11.2 Å². The number of halogens is 1. The van der Waals surface area contributed by atoms with Crippen LogP contribution >= 0.6 is 0 Å². The lowest BCUT2D eigenvalue weighted by atomic mass is 10.1. The van der Waals surface area contributed by atoms with Gasteiger partial charge in [0.25, 0.3) is 0 Å². The van der Waals surface area contributed by atoms with Crippen molar-refractivity contribution >= 4 is 0 Å². The van der Waals surface area contributed by atoms with Crippen molar-refractivity contribution in [2.24, 2.45) is 5.73 Å². The van der Waals surface area contributed by atoms with Gasteiger partial charge in [0, 0.05) is 18.3 Å². The first-order valence-corrected chi connectivity index (χ1v) is 6.44. The molecule has 0 radical (unpaired) electrons. The molecule has 1 aromatic rings. The maximum atomic E-state index is 13.3. The normalized spacial score (nSPS) is 22.6. The van der Waals surface area contributed by atoms with Gasteiger partial charge in [-0.1, -0.05) is 0 Å². The molecule has 4 nitrogen and oxygen atoms in total. The van der Waals surface area contributed by atoms with Crippen LogP contribution in [-0.4, -0.2) is 28.1 Å². The smallest absolute Gasteiger partial charge is 0.139 e. The first-order valence-electron chi connectivity index (χ1n) is 6.44. The molecule has 0 saturated carbocycles. The molecular formula is C13H21FN4. The summed E-state index contributed by atoms with van der Waals surface area (Å²) in [6.07, 6.45) is 3.07. The van der Waals surface area contributed by atoms with Gasteiger partial charge in [-0.3, -0.25) is 10.3 Å². The van der Waals surface area contributed by atoms with E-state index in [9.17, 15) is 4.39 Å². The standard InChI is InChI=1S/C13H21FN4/c1-9(2)17-7-3-4-11(17)13(16)18-8-10(14)5-6-12(18)15/h5-6,8-9,11,13,15H,3-4,7,16H2,1-2H3/t11-,13?/m0/s1. The van der Waals surface area contributed by atoms with Gasteiger partial charge in [0.15, 0.2) is 0 Å². The number of nitrogens with zero attached hydrogens (tertiary/aromatic N) is 2. The van der Waals surface area contributed by atoms with E-state index < -0.39 is 0 Å². The molecular weight excluding hydrogens is 231 g/mol. The molecule has 0 spiro atoms. The SMILES string of the molecule is CC(C)N1CCC[C@H]1C(N)n1cc(F)ccc1=N. The summed E-state index contributed by atoms with van der Waals surface area (Å²) < 4.78 is 14.8. The lowest BCUT2D eigenvalue weighted by Crippen LogP contribution is -2.46. The van der Waals surface area contributed by atoms with E-state index in [-0.39, 0.29) is 23.5 Å². The number of aromatic nitrogens is 1. The van der Waals surface area contributed by atoms with Crippen LogP contribution in [0, 0.1) is 11.2 Å². The fraction of sp³-hybridized carbons (Fsp3) is 0.615. The largest absolute Gasteiger partial charge is 0.313 e. The lowest BCUT2D eigenvalue weighted by molar-refractivity contribution is 0.153. The Hall–Kier alpha value is -1.20. The number of pyridine rings is 1. The Balaban J connectivity index is 2.28. The van der Waals surface area contributed by atoms with E-state index >= 15 is 0 Å². The third-order valence-corrected chi connectivity index (χ3v) is 3.66. The fourth-order valence-corrected chi connectivity index (χ4v) is 2.74. The van der Waals surface area contributed by atoms with Crippen molar-refractivity contribution in [2.75, 3.05) is 6.54 Å². The Morgan fingerprint density at radius 2 is 2.17 bits per heavy atom. The molecule has 1 aliphatic heterocycles. The molecule has 1 aliphatic rings. The number of nitrogens with two attached hydrogens (primary N) is 1. The lowest BCUT2D eigenvalue weighted by Gasteiger charge is -2.33. The maximum Gasteiger partial charge on any atom is 0.139 e. The number of nitrogens with one attached hydrogen (secondary N) is 1. The molecule has 0 amide bonds. The van der Waals surface area contributed by atoms with E-state index in [0.29, 0.717) is 6.04 Å². The topological polar surface area (TPSA) is 58.0 Å². The molecule has 18 heavy (non-hydrogen) atoms. The molecule has 0 bridgehead atoms. The van der Waals surface area contributed by atoms with E-state index in [4.69, 9.17) is 11.1 Å². The molecule has 1 saturated heterocycles. The molecule has 0 aromatic carbocycles. The van der Waals surface area contributed by atoms with Gasteiger partial charge in [-0.25, -0.2) is 4.39 Å². The number of likely N-dealkylation sites (tertiary alicyclic amines) is 1. The summed E-state index contributed by atoms with van der Waals surface area (Å²) in [5.41, 5.74) is 6.48. The number of hydrogen-bond acceptors (Lipinski definition) is 3. The summed E-state index contributed by atoms with van der Waals surface area (Å²) in [5, 5.41) is 7.83. The van der Waals surface area contributed by atoms with Crippen LogP contribution in [0.5, 0.6) is 0 Å². The molecule has 3 N–H and O–H groups in total. The summed E-state index contributed by atoms with van der Waals surface area (Å²) in [6.45, 7) is 5.31. The zero-order valence-corrected chi connectivity index (χ0v) is 10.9. The number of rotatable bonds is 3. The van der Waals surface area contributed by atoms with Crippen LogP contribution in [0.3, 0.4) is 0 Å². The Kier molecular flexibility index (Phi) is 3.82. The summed E-state index contributed by atoms with van der Waals surface area (Å²) in [5.74, 6) is -0.351. The van der Waals surface area contributed by atoms with Gasteiger partial charge < -0.3 is 10.3 Å². The second-order valence-electron chi connectivity index (χ2n) is 5.17. The van der Waals surface area contributed by atoms with Gasteiger partial charge >= 0.3 is 0 Å². The van der Waals surface area contributed by atoms with E-state index in [0.717, 1.165) is 19.4 Å². The average molecular weight is 252 g/mol. The zero-order valence-electron chi connectivity index (χ0n) is 10.9. The van der Waals surface area contributed by atoms with Crippen molar-refractivity contribution in [3.8, 4) is 0 Å². The Morgan fingerprint density at radius 1 is 1.44 bits per heavy atom. The third-order valence-electron chi connectivity index (χ3n) is 3.66. The minimum absolute atomic E-state index is 0.181. The second-order valence-corrected chi connectivity index (χ2v) is 5.17. The molecule has 0 aliphatic carbocycles. The van der Waals surface area contributed by atoms with Crippen molar-refractivity contribution in [1.29, 1.82) is 5.41 Å². The predicted octanol–water partition coefficient (Wildman–Crippen LogP) is 1.44. The van der Waals surface area contributed by atoms with Crippen LogP contribution in [0.4, 0.5) is 4.39 Å². The third kappa shape index (κ3) is 2.47. The van der Waals surface area contributed by atoms with E-state index in [1.807, 2.05) is 0 Å². The molecule has 2 heterocycles. The Bertz CT molecular complexity index is 468. The molecule has 1 aromatic heterocycles. The maximum absolute atomic E-state index is 13.3. The molecule has 5 heteroatoms. The monoisotopic (exact) mass is 252 g/mol. The van der Waals surface area contributed by atoms with E-state index in [2.05, 4.69) is 18.7 Å². The first kappa shape index (κ1) is 13.2. The molecule has 2 rings (SSSR count). The predicted molar refractivity (Wildman–Crippen MR) is 68.3 cm³/mol. The summed E-state index contributed by atoms with van der Waals surface area (Å²) >= 11 is 0. The molecule has 1 fully saturated rings. The van der Waals surface area contributed by atoms with Gasteiger partial charge in [-0.2, -0.15) is 0 Å². The highest BCUT2D eigenvalue weighted by Gasteiger charge is 2.32. The Labute approximate surface area is 107 Å². The van der Waals surface area contributed by atoms with Crippen molar-refractivity contribution in [3.63, 3.8) is 0 Å². The van der Waals surface area contributed by atoms with Gasteiger partial charge in [-0.15, -0.1) is 0 Å². The summed E-state index contributed by atoms with van der Waals surface area (Å²) in [6, 6.07) is 3.34. The molecule has 100 valence electrons. The highest BCUT2D eigenvalue weighted by atomic mass is 19.1. The van der Waals surface area contributed by atoms with Crippen molar-refractivity contribution in [3.05, 3.63) is 29.6 Å². The molecule has 1 unspecified atom stereocenters. The first-order chi connectivity index (χ1) is 8.50. The minimum Gasteiger partial charge on any atom is -0.313 e. The van der Waals surface area contributed by atoms with Gasteiger partial charge in [0.1, 0.15) is 11.3 Å². The van der Waals surface area contributed by atoms with E-state index in [1.54, 1.807) is 0 Å². The van der Waals surface area contributed by atoms with Crippen molar-refractivity contribution in [1.82, 2.24) is 9.47 Å². The van der Waals surface area contributed by atoms with Crippen LogP contribution in [0.2, 0.25) is 0 Å². The van der Waals surface area contributed by atoms with Crippen LogP contribution in [0.25, 0.3) is 0 Å². The Morgan fingerprint density at radius 3 is 2.83 bits per heavy atom. The van der Waals surface area contributed by atoms with Gasteiger partial charge in [0.2, 0.25) is 0 Å². The minimum atomic E-state index is -0.363. The highest BCUT2D eigenvalue weighted by molar-refractivity contribution is 4.98. The van der Waals surface area contributed by atoms with Crippen molar-refractivity contribution in [2.45, 2.75) is 44.9 Å². The summed E-state index contributed by atoms with van der Waals surface area (Å²) in [4.78, 5) is 2.34. The quantitative estimate of drug-likeness (QED) is 0.855. The van der Waals surface area contributed by atoms with Crippen LogP contribution in [0.1, 0.15) is 32.9 Å². The van der Waals surface area contributed by atoms with Crippen LogP contribution in [0.15, 0.2) is 18.3 Å².